The summed E-state index contributed by atoms with van der Waals surface area (Å²) in [6.07, 6.45) is -8.18. The molecule has 0 aromatic heterocycles. The zero-order valence-electron chi connectivity index (χ0n) is 34.9. The van der Waals surface area contributed by atoms with Crippen molar-refractivity contribution < 1.29 is 58.7 Å². The molecule has 14 nitrogen and oxygen atoms in total. The molecule has 3 fully saturated rings. The third kappa shape index (κ3) is 10.5. The van der Waals surface area contributed by atoms with Crippen LogP contribution in [0.2, 0.25) is 0 Å². The average Bonchev–Trinajstić information content (AvgIpc) is 3.08. The minimum Gasteiger partial charge on any atom is -0.459 e. The molecule has 0 radical (unpaired) electrons. The second-order valence-corrected chi connectivity index (χ2v) is 17.3. The topological polar surface area (TPSA) is 180 Å². The Morgan fingerprint density at radius 3 is 2.09 bits per heavy atom. The van der Waals surface area contributed by atoms with Gasteiger partial charge in [0.1, 0.15) is 30.0 Å². The van der Waals surface area contributed by atoms with E-state index in [1.165, 1.54) is 14.0 Å². The van der Waals surface area contributed by atoms with E-state index < -0.39 is 96.0 Å². The van der Waals surface area contributed by atoms with E-state index in [4.69, 9.17) is 28.4 Å². The lowest BCUT2D eigenvalue weighted by Gasteiger charge is -2.48. The van der Waals surface area contributed by atoms with Gasteiger partial charge in [-0.1, -0.05) is 27.7 Å². The van der Waals surface area contributed by atoms with E-state index in [0.717, 1.165) is 0 Å². The number of aliphatic hydroxyl groups excluding tert-OH is 3. The van der Waals surface area contributed by atoms with E-state index in [1.54, 1.807) is 34.6 Å². The van der Waals surface area contributed by atoms with Gasteiger partial charge >= 0.3 is 5.97 Å². The summed E-state index contributed by atoms with van der Waals surface area (Å²) < 4.78 is 37.6. The number of aliphatic hydroxyl groups is 5. The van der Waals surface area contributed by atoms with Crippen LogP contribution in [-0.2, 0) is 33.2 Å². The molecule has 0 aliphatic carbocycles. The third-order valence-electron chi connectivity index (χ3n) is 12.4. The molecule has 0 amide bonds. The van der Waals surface area contributed by atoms with Crippen molar-refractivity contribution in [1.82, 2.24) is 9.80 Å². The van der Waals surface area contributed by atoms with Gasteiger partial charge in [0.15, 0.2) is 12.6 Å². The molecule has 18 atom stereocenters. The number of nitrogens with zero attached hydrogens (tertiary/aromatic N) is 2. The Kier molecular flexibility index (Phi) is 16.2. The predicted octanol–water partition coefficient (Wildman–Crippen LogP) is 2.29. The maximum Gasteiger partial charge on any atom is 0.311 e. The van der Waals surface area contributed by atoms with Crippen molar-refractivity contribution in [2.24, 2.45) is 17.8 Å². The van der Waals surface area contributed by atoms with Crippen molar-refractivity contribution in [2.75, 3.05) is 34.3 Å². The van der Waals surface area contributed by atoms with Crippen molar-refractivity contribution >= 4 is 5.97 Å². The first-order valence-electron chi connectivity index (χ1n) is 19.7. The van der Waals surface area contributed by atoms with Crippen LogP contribution in [0.3, 0.4) is 0 Å². The van der Waals surface area contributed by atoms with Crippen LogP contribution < -0.4 is 0 Å². The molecule has 0 spiro atoms. The van der Waals surface area contributed by atoms with Crippen molar-refractivity contribution in [3.05, 3.63) is 0 Å². The molecule has 3 aliphatic heterocycles. The number of cyclic esters (lactones) is 1. The number of ether oxygens (including phenoxy) is 6. The Labute approximate surface area is 318 Å². The van der Waals surface area contributed by atoms with Crippen LogP contribution >= 0.6 is 0 Å². The van der Waals surface area contributed by atoms with E-state index in [0.29, 0.717) is 19.5 Å². The highest BCUT2D eigenvalue weighted by Crippen LogP contribution is 2.40. The number of carbonyl (C=O) groups excluding carboxylic acids is 1. The lowest BCUT2D eigenvalue weighted by atomic mass is 9.77. The van der Waals surface area contributed by atoms with Gasteiger partial charge in [0.25, 0.3) is 0 Å². The van der Waals surface area contributed by atoms with Crippen molar-refractivity contribution in [3.63, 3.8) is 0 Å². The second-order valence-electron chi connectivity index (χ2n) is 17.3. The molecule has 3 unspecified atom stereocenters. The van der Waals surface area contributed by atoms with Gasteiger partial charge in [0.2, 0.25) is 0 Å². The predicted molar refractivity (Wildman–Crippen MR) is 199 cm³/mol. The quantitative estimate of drug-likeness (QED) is 0.228. The minimum atomic E-state index is -1.80. The highest BCUT2D eigenvalue weighted by atomic mass is 16.7. The van der Waals surface area contributed by atoms with Crippen LogP contribution in [0.1, 0.15) is 102 Å². The first-order valence-corrected chi connectivity index (χ1v) is 19.7. The SMILES string of the molecule is CC[C@H]1OC(=O)[C@H](C)[C@@H](O[C@H]2CC(C)(OC)[C@@H](O)[C@@H](C)O2)[C@H](C)[C@@H](O[C@@H]2O[C@H](C)CC(N(C)C)C2O)[C@](C)(O)C[C@@H](C)CN(CC)[C@H](C)[C@@H](O)[C@]1(C)O. The highest BCUT2D eigenvalue weighted by Gasteiger charge is 2.52. The number of rotatable bonds is 8. The number of likely N-dealkylation sites (N-methyl/N-ethyl adjacent to an activating group) is 2. The number of esters is 1. The Morgan fingerprint density at radius 2 is 1.55 bits per heavy atom. The number of carbonyl (C=O) groups is 1. The standard InChI is InChI=1S/C39H74N2O12/c1-15-28-39(11,47)32(43)25(7)41(16-2)20-21(3)18-37(9,46)34(53-36-30(42)27(40(12)13)17-22(4)49-36)23(5)31(24(6)35(45)51-28)52-29-19-38(10,48-14)33(44)26(8)50-29/h21-34,36,42-44,46-47H,15-20H2,1-14H3/t21-,22-,23+,24-,25-,26-,27?,28-,29+,30?,31+,32-,33+,34-,36+,37-,38?,39-/m1/s1. The fourth-order valence-electron chi connectivity index (χ4n) is 9.02. The zero-order valence-corrected chi connectivity index (χ0v) is 34.9. The monoisotopic (exact) mass is 763 g/mol. The Bertz CT molecular complexity index is 1160. The number of hydrogen-bond donors (Lipinski definition) is 5. The van der Waals surface area contributed by atoms with E-state index >= 15 is 0 Å². The molecule has 3 saturated heterocycles. The average molecular weight is 763 g/mol. The number of hydrogen-bond acceptors (Lipinski definition) is 14. The summed E-state index contributed by atoms with van der Waals surface area (Å²) in [6.45, 7) is 20.7. The molecule has 0 saturated carbocycles. The molecule has 3 rings (SSSR count). The van der Waals surface area contributed by atoms with Crippen LogP contribution in [0.25, 0.3) is 0 Å². The fraction of sp³-hybridized carbons (Fsp3) is 0.974. The second kappa shape index (κ2) is 18.5. The Balaban J connectivity index is 2.19. The normalized spacial score (nSPS) is 48.9. The van der Waals surface area contributed by atoms with Gasteiger partial charge in [0, 0.05) is 38.1 Å². The van der Waals surface area contributed by atoms with Gasteiger partial charge in [-0.3, -0.25) is 9.69 Å². The first kappa shape index (κ1) is 46.4. The lowest BCUT2D eigenvalue weighted by molar-refractivity contribution is -0.318. The molecule has 0 aromatic rings. The zero-order chi connectivity index (χ0) is 40.4. The molecule has 0 bridgehead atoms. The van der Waals surface area contributed by atoms with Crippen LogP contribution in [0.15, 0.2) is 0 Å². The molecule has 3 aliphatic rings. The molecule has 14 heteroatoms. The van der Waals surface area contributed by atoms with Gasteiger partial charge in [0.05, 0.1) is 41.5 Å². The van der Waals surface area contributed by atoms with Crippen LogP contribution in [0, 0.1) is 17.8 Å². The smallest absolute Gasteiger partial charge is 0.311 e. The lowest BCUT2D eigenvalue weighted by Crippen LogP contribution is -2.60. The molecule has 3 heterocycles. The van der Waals surface area contributed by atoms with Gasteiger partial charge < -0.3 is 58.9 Å². The van der Waals surface area contributed by atoms with Crippen molar-refractivity contribution in [3.8, 4) is 0 Å². The summed E-state index contributed by atoms with van der Waals surface area (Å²) in [5.74, 6) is -2.58. The Hall–Kier alpha value is -1.01. The van der Waals surface area contributed by atoms with E-state index in [-0.39, 0.29) is 37.3 Å². The molecular formula is C39H74N2O12. The fourth-order valence-corrected chi connectivity index (χ4v) is 9.02. The third-order valence-corrected chi connectivity index (χ3v) is 12.4. The van der Waals surface area contributed by atoms with Crippen LogP contribution in [0.4, 0.5) is 0 Å². The molecular weight excluding hydrogens is 688 g/mol. The van der Waals surface area contributed by atoms with Gasteiger partial charge in [-0.05, 0) is 94.3 Å². The minimum absolute atomic E-state index is 0.134. The maximum absolute atomic E-state index is 14.3. The van der Waals surface area contributed by atoms with E-state index in [2.05, 4.69) is 0 Å². The van der Waals surface area contributed by atoms with Gasteiger partial charge in [-0.15, -0.1) is 0 Å². The molecule has 312 valence electrons. The highest BCUT2D eigenvalue weighted by molar-refractivity contribution is 5.73. The first-order chi connectivity index (χ1) is 24.4. The van der Waals surface area contributed by atoms with Gasteiger partial charge in [-0.25, -0.2) is 0 Å². The molecule has 53 heavy (non-hydrogen) atoms. The summed E-state index contributed by atoms with van der Waals surface area (Å²) in [7, 11) is 5.29. The summed E-state index contributed by atoms with van der Waals surface area (Å²) in [6, 6.07) is -0.794. The van der Waals surface area contributed by atoms with Crippen molar-refractivity contribution in [2.45, 2.75) is 192 Å². The van der Waals surface area contributed by atoms with Crippen LogP contribution in [0.5, 0.6) is 0 Å². The van der Waals surface area contributed by atoms with Crippen LogP contribution in [-0.4, -0.2) is 166 Å². The summed E-state index contributed by atoms with van der Waals surface area (Å²) >= 11 is 0. The Morgan fingerprint density at radius 1 is 0.925 bits per heavy atom. The maximum atomic E-state index is 14.3. The molecule has 0 aromatic carbocycles. The summed E-state index contributed by atoms with van der Waals surface area (Å²) in [5, 5.41) is 58.5. The molecule has 5 N–H and O–H groups in total. The van der Waals surface area contributed by atoms with E-state index in [9.17, 15) is 30.3 Å². The number of methoxy groups -OCH3 is 1. The van der Waals surface area contributed by atoms with E-state index in [1.807, 2.05) is 58.5 Å². The van der Waals surface area contributed by atoms with Gasteiger partial charge in [-0.2, -0.15) is 0 Å². The summed E-state index contributed by atoms with van der Waals surface area (Å²) in [5.41, 5.74) is -4.38. The van der Waals surface area contributed by atoms with Crippen molar-refractivity contribution in [1.29, 1.82) is 0 Å². The largest absolute Gasteiger partial charge is 0.459 e. The summed E-state index contributed by atoms with van der Waals surface area (Å²) in [4.78, 5) is 18.2.